The minimum absolute atomic E-state index is 0.0621. The summed E-state index contributed by atoms with van der Waals surface area (Å²) in [6.07, 6.45) is -0.222. The van der Waals surface area contributed by atoms with Crippen LogP contribution >= 0.6 is 0 Å². The highest BCUT2D eigenvalue weighted by molar-refractivity contribution is 5.95. The van der Waals surface area contributed by atoms with E-state index in [4.69, 9.17) is 35.3 Å². The molecule has 0 saturated carbocycles. The Bertz CT molecular complexity index is 1680. The number of carboxylic acid groups (broad SMARTS) is 2. The zero-order valence-electron chi connectivity index (χ0n) is 25.2. The molecule has 4 aromatic rings. The molecule has 0 aliphatic carbocycles. The van der Waals surface area contributed by atoms with Gasteiger partial charge in [-0.05, 0) is 67.9 Å². The summed E-state index contributed by atoms with van der Waals surface area (Å²) in [6.45, 7) is 5.61. The molecule has 45 heavy (non-hydrogen) atoms. The minimum Gasteiger partial charge on any atom is -0.490 e. The normalized spacial score (nSPS) is 11.8. The molecule has 2 unspecified atom stereocenters. The third-order valence-corrected chi connectivity index (χ3v) is 6.11. The highest BCUT2D eigenvalue weighted by atomic mass is 16.5. The van der Waals surface area contributed by atoms with Crippen LogP contribution in [0, 0.1) is 5.41 Å². The second-order valence-corrected chi connectivity index (χ2v) is 9.66. The van der Waals surface area contributed by atoms with Crippen LogP contribution in [-0.2, 0) is 9.53 Å². The molecular formula is C31H36N6O8. The summed E-state index contributed by atoms with van der Waals surface area (Å²) in [7, 11) is 1.60. The van der Waals surface area contributed by atoms with E-state index in [1.54, 1.807) is 55.6 Å². The van der Waals surface area contributed by atoms with Crippen LogP contribution in [-0.4, -0.2) is 69.2 Å². The molecule has 3 aromatic carbocycles. The Morgan fingerprint density at radius 1 is 1.09 bits per heavy atom. The Kier molecular flexibility index (Phi) is 11.8. The van der Waals surface area contributed by atoms with Crippen molar-refractivity contribution in [1.29, 1.82) is 5.41 Å². The van der Waals surface area contributed by atoms with E-state index in [1.165, 1.54) is 12.1 Å². The van der Waals surface area contributed by atoms with Gasteiger partial charge in [0.25, 0.3) is 5.97 Å². The van der Waals surface area contributed by atoms with Gasteiger partial charge in [-0.2, -0.15) is 4.68 Å². The Balaban J connectivity index is 0.00000130. The molecule has 14 nitrogen and oxygen atoms in total. The Morgan fingerprint density at radius 2 is 1.76 bits per heavy atom. The predicted octanol–water partition coefficient (Wildman–Crippen LogP) is 3.65. The van der Waals surface area contributed by atoms with Gasteiger partial charge in [0, 0.05) is 25.3 Å². The molecule has 0 aliphatic rings. The van der Waals surface area contributed by atoms with Gasteiger partial charge in [-0.25, -0.2) is 9.59 Å². The fourth-order valence-electron chi connectivity index (χ4n) is 4.25. The van der Waals surface area contributed by atoms with Gasteiger partial charge in [0.05, 0.1) is 24.5 Å². The second-order valence-electron chi connectivity index (χ2n) is 9.66. The Labute approximate surface area is 258 Å². The molecule has 1 aromatic heterocycles. The van der Waals surface area contributed by atoms with Crippen LogP contribution in [0.5, 0.6) is 11.5 Å². The summed E-state index contributed by atoms with van der Waals surface area (Å²) < 4.78 is 18.1. The number of benzene rings is 3. The van der Waals surface area contributed by atoms with Crippen LogP contribution in [0.15, 0.2) is 71.5 Å². The minimum atomic E-state index is -1.18. The van der Waals surface area contributed by atoms with E-state index in [-0.39, 0.29) is 29.0 Å². The van der Waals surface area contributed by atoms with Gasteiger partial charge in [0.1, 0.15) is 18.0 Å². The van der Waals surface area contributed by atoms with Gasteiger partial charge in [-0.15, -0.1) is 5.10 Å². The van der Waals surface area contributed by atoms with E-state index >= 15 is 0 Å². The standard InChI is InChI=1S/C29H32N6O6.C2H4O2/c1-4-40-24-15-19(11-14-23(24)41-17(2)16-39-3)25(32-20-12-9-18(10-13-20)26(30)31)27-33-29(38)35(34-27)22-8-6-5-7-21(22)28(36)37;1-2(3)4/h5-15,17,25,32H,4,16H2,1-3H3,(H3,30,31)(H,36,37)(H,33,34,38);1H3,(H,3,4). The van der Waals surface area contributed by atoms with Crippen LogP contribution in [0.2, 0.25) is 0 Å². The van der Waals surface area contributed by atoms with Crippen LogP contribution in [0.4, 0.5) is 5.69 Å². The molecule has 0 bridgehead atoms. The van der Waals surface area contributed by atoms with Gasteiger partial charge in [0.15, 0.2) is 17.3 Å². The van der Waals surface area contributed by atoms with E-state index < -0.39 is 23.7 Å². The van der Waals surface area contributed by atoms with Gasteiger partial charge in [-0.1, -0.05) is 18.2 Å². The molecule has 0 amide bonds. The number of hydrogen-bond donors (Lipinski definition) is 6. The van der Waals surface area contributed by atoms with E-state index in [0.29, 0.717) is 41.5 Å². The molecule has 1 heterocycles. The topological polar surface area (TPSA) is 215 Å². The number of amidine groups is 1. The summed E-state index contributed by atoms with van der Waals surface area (Å²) in [5.74, 6) is -0.830. The number of aliphatic carboxylic acids is 1. The Hall–Kier alpha value is -5.63. The molecule has 0 spiro atoms. The maximum absolute atomic E-state index is 13.1. The number of H-pyrrole nitrogens is 1. The number of nitrogens with zero attached hydrogens (tertiary/aromatic N) is 2. The molecule has 0 saturated heterocycles. The van der Waals surface area contributed by atoms with Crippen molar-refractivity contribution in [2.24, 2.45) is 5.73 Å². The molecule has 0 radical (unpaired) electrons. The number of nitrogens with one attached hydrogen (secondary N) is 3. The number of methoxy groups -OCH3 is 1. The number of anilines is 1. The quantitative estimate of drug-likeness (QED) is 0.0937. The number of carboxylic acids is 2. The zero-order valence-corrected chi connectivity index (χ0v) is 25.2. The van der Waals surface area contributed by atoms with Crippen molar-refractivity contribution in [3.63, 3.8) is 0 Å². The zero-order chi connectivity index (χ0) is 33.1. The van der Waals surface area contributed by atoms with Gasteiger partial charge >= 0.3 is 11.7 Å². The lowest BCUT2D eigenvalue weighted by molar-refractivity contribution is -0.134. The number of aromatic carboxylic acids is 1. The van der Waals surface area contributed by atoms with Gasteiger partial charge in [-0.3, -0.25) is 15.2 Å². The summed E-state index contributed by atoms with van der Waals surface area (Å²) in [5.41, 5.74) is 6.96. The molecule has 7 N–H and O–H groups in total. The number of para-hydroxylation sites is 1. The monoisotopic (exact) mass is 620 g/mol. The van der Waals surface area contributed by atoms with Crippen molar-refractivity contribution < 1.29 is 34.0 Å². The lowest BCUT2D eigenvalue weighted by Crippen LogP contribution is -2.19. The van der Waals surface area contributed by atoms with Gasteiger partial charge < -0.3 is 35.5 Å². The molecule has 0 aliphatic heterocycles. The number of hydrogen-bond acceptors (Lipinski definition) is 9. The molecule has 2 atom stereocenters. The van der Waals surface area contributed by atoms with Crippen molar-refractivity contribution >= 4 is 23.5 Å². The average molecular weight is 621 g/mol. The Morgan fingerprint density at radius 3 is 2.36 bits per heavy atom. The van der Waals surface area contributed by atoms with Crippen LogP contribution in [0.25, 0.3) is 5.69 Å². The van der Waals surface area contributed by atoms with Crippen LogP contribution in [0.3, 0.4) is 0 Å². The number of aromatic amines is 1. The van der Waals surface area contributed by atoms with E-state index in [2.05, 4.69) is 15.4 Å². The number of ether oxygens (including phenoxy) is 3. The SMILES string of the molecule is CC(=O)O.CCOc1cc(C(Nc2ccc(C(=N)N)cc2)c2nn(-c3ccccc3C(=O)O)c(=O)[nH]2)ccc1OC(C)COC. The van der Waals surface area contributed by atoms with E-state index in [1.807, 2.05) is 19.9 Å². The molecule has 0 fully saturated rings. The third kappa shape index (κ3) is 9.18. The van der Waals surface area contributed by atoms with E-state index in [0.717, 1.165) is 11.6 Å². The van der Waals surface area contributed by atoms with E-state index in [9.17, 15) is 14.7 Å². The highest BCUT2D eigenvalue weighted by Crippen LogP contribution is 2.34. The second kappa shape index (κ2) is 15.7. The van der Waals surface area contributed by atoms with Crippen molar-refractivity contribution in [2.45, 2.75) is 32.9 Å². The van der Waals surface area contributed by atoms with Crippen LogP contribution in [0.1, 0.15) is 54.1 Å². The number of rotatable bonds is 13. The fraction of sp³-hybridized carbons (Fsp3) is 0.258. The molecule has 4 rings (SSSR count). The van der Waals surface area contributed by atoms with Crippen LogP contribution < -0.4 is 26.2 Å². The van der Waals surface area contributed by atoms with Crippen molar-refractivity contribution in [3.8, 4) is 17.2 Å². The first-order chi connectivity index (χ1) is 21.4. The van der Waals surface area contributed by atoms with Crippen molar-refractivity contribution in [2.75, 3.05) is 25.6 Å². The molecule has 238 valence electrons. The summed E-state index contributed by atoms with van der Waals surface area (Å²) in [4.78, 5) is 36.6. The number of carbonyl (C=O) groups is 2. The van der Waals surface area contributed by atoms with Crippen molar-refractivity contribution in [3.05, 3.63) is 99.7 Å². The maximum Gasteiger partial charge on any atom is 0.348 e. The number of nitrogen functional groups attached to an aromatic ring is 1. The van der Waals surface area contributed by atoms with Gasteiger partial charge in [0.2, 0.25) is 0 Å². The first kappa shape index (κ1) is 33.9. The highest BCUT2D eigenvalue weighted by Gasteiger charge is 2.24. The predicted molar refractivity (Wildman–Crippen MR) is 167 cm³/mol. The molecule has 14 heteroatoms. The summed E-state index contributed by atoms with van der Waals surface area (Å²) >= 11 is 0. The third-order valence-electron chi connectivity index (χ3n) is 6.11. The average Bonchev–Trinajstić information content (AvgIpc) is 3.38. The lowest BCUT2D eigenvalue weighted by atomic mass is 10.0. The largest absolute Gasteiger partial charge is 0.490 e. The summed E-state index contributed by atoms with van der Waals surface area (Å²) in [5, 5.41) is 32.6. The fourth-order valence-corrected chi connectivity index (χ4v) is 4.25. The molecular weight excluding hydrogens is 584 g/mol. The first-order valence-electron chi connectivity index (χ1n) is 13.8. The number of aromatic nitrogens is 3. The lowest BCUT2D eigenvalue weighted by Gasteiger charge is -2.21. The smallest absolute Gasteiger partial charge is 0.348 e. The maximum atomic E-state index is 13.1. The summed E-state index contributed by atoms with van der Waals surface area (Å²) in [6, 6.07) is 17.7. The first-order valence-corrected chi connectivity index (χ1v) is 13.8. The number of nitrogens with two attached hydrogens (primary N) is 1. The van der Waals surface area contributed by atoms with Crippen molar-refractivity contribution in [1.82, 2.24) is 14.8 Å².